The number of hydrogen-bond donors (Lipinski definition) is 1. The molecular formula is C13H19Cl3N2O3S. The maximum Gasteiger partial charge on any atom is 0.243 e. The van der Waals surface area contributed by atoms with Crippen molar-refractivity contribution in [3.8, 4) is 0 Å². The molecular weight excluding hydrogens is 371 g/mol. The summed E-state index contributed by atoms with van der Waals surface area (Å²) in [6.45, 7) is 0.611. The number of methoxy groups -OCH3 is 1. The average Bonchev–Trinajstić information content (AvgIpc) is 2.45. The molecule has 2 N–H and O–H groups in total. The van der Waals surface area contributed by atoms with E-state index in [1.807, 2.05) is 0 Å². The Hall–Kier alpha value is -0.0800. The Morgan fingerprint density at radius 1 is 1.32 bits per heavy atom. The van der Waals surface area contributed by atoms with Crippen LogP contribution in [0.4, 0.5) is 0 Å². The van der Waals surface area contributed by atoms with Gasteiger partial charge in [0.25, 0.3) is 0 Å². The van der Waals surface area contributed by atoms with Crippen molar-refractivity contribution in [1.29, 1.82) is 0 Å². The van der Waals surface area contributed by atoms with Gasteiger partial charge in [0.2, 0.25) is 10.0 Å². The van der Waals surface area contributed by atoms with Crippen molar-refractivity contribution in [2.45, 2.75) is 29.9 Å². The van der Waals surface area contributed by atoms with E-state index in [2.05, 4.69) is 0 Å². The molecule has 22 heavy (non-hydrogen) atoms. The van der Waals surface area contributed by atoms with Crippen LogP contribution in [0.1, 0.15) is 12.8 Å². The predicted octanol–water partition coefficient (Wildman–Crippen LogP) is 2.54. The first-order chi connectivity index (χ1) is 9.88. The average molecular weight is 390 g/mol. The van der Waals surface area contributed by atoms with E-state index in [0.29, 0.717) is 19.4 Å². The van der Waals surface area contributed by atoms with Gasteiger partial charge in [-0.05, 0) is 31.0 Å². The molecule has 1 fully saturated rings. The van der Waals surface area contributed by atoms with E-state index in [-0.39, 0.29) is 46.0 Å². The standard InChI is InChI=1S/C13H18Cl2N2O3S.ClH/c1-20-12-2-3-17(11(7-12)8-16)21(18,19)13-5-9(14)4-10(15)6-13;/h4-6,11-12H,2-3,7-8,16H2,1H3;1H. The van der Waals surface area contributed by atoms with Crippen LogP contribution >= 0.6 is 35.6 Å². The number of piperidine rings is 1. The maximum absolute atomic E-state index is 12.8. The highest BCUT2D eigenvalue weighted by molar-refractivity contribution is 7.89. The van der Waals surface area contributed by atoms with Crippen LogP contribution in [-0.4, -0.2) is 45.1 Å². The number of nitrogens with zero attached hydrogens (tertiary/aromatic N) is 1. The minimum absolute atomic E-state index is 0. The van der Waals surface area contributed by atoms with Crippen LogP contribution in [0.2, 0.25) is 10.0 Å². The quantitative estimate of drug-likeness (QED) is 0.859. The molecule has 0 saturated carbocycles. The Morgan fingerprint density at radius 3 is 2.41 bits per heavy atom. The summed E-state index contributed by atoms with van der Waals surface area (Å²) < 4.78 is 32.3. The first-order valence-corrected chi connectivity index (χ1v) is 8.79. The number of nitrogens with two attached hydrogens (primary N) is 1. The minimum Gasteiger partial charge on any atom is -0.381 e. The zero-order chi connectivity index (χ0) is 15.6. The number of rotatable bonds is 4. The fourth-order valence-corrected chi connectivity index (χ4v) is 4.94. The first-order valence-electron chi connectivity index (χ1n) is 6.59. The van der Waals surface area contributed by atoms with Gasteiger partial charge >= 0.3 is 0 Å². The second-order valence-electron chi connectivity index (χ2n) is 4.99. The summed E-state index contributed by atoms with van der Waals surface area (Å²) in [4.78, 5) is 0.0920. The number of hydrogen-bond acceptors (Lipinski definition) is 4. The molecule has 0 amide bonds. The van der Waals surface area contributed by atoms with Gasteiger partial charge in [0.1, 0.15) is 0 Å². The van der Waals surface area contributed by atoms with Crippen molar-refractivity contribution in [3.05, 3.63) is 28.2 Å². The van der Waals surface area contributed by atoms with E-state index in [4.69, 9.17) is 33.7 Å². The lowest BCUT2D eigenvalue weighted by molar-refractivity contribution is 0.0401. The molecule has 2 unspecified atom stereocenters. The molecule has 2 atom stereocenters. The van der Waals surface area contributed by atoms with E-state index in [1.165, 1.54) is 22.5 Å². The molecule has 1 aliphatic heterocycles. The van der Waals surface area contributed by atoms with Gasteiger partial charge in [0.05, 0.1) is 11.0 Å². The third-order valence-corrected chi connectivity index (χ3v) is 6.03. The van der Waals surface area contributed by atoms with Crippen molar-refractivity contribution in [2.24, 2.45) is 5.73 Å². The molecule has 0 spiro atoms. The molecule has 0 bridgehead atoms. The molecule has 2 rings (SSSR count). The van der Waals surface area contributed by atoms with Gasteiger partial charge in [-0.1, -0.05) is 23.2 Å². The molecule has 1 aliphatic rings. The lowest BCUT2D eigenvalue weighted by Gasteiger charge is -2.37. The highest BCUT2D eigenvalue weighted by Crippen LogP contribution is 2.29. The molecule has 0 radical (unpaired) electrons. The van der Waals surface area contributed by atoms with E-state index in [0.717, 1.165) is 0 Å². The second kappa shape index (κ2) is 8.15. The Kier molecular flexibility index (Phi) is 7.39. The largest absolute Gasteiger partial charge is 0.381 e. The fourth-order valence-electron chi connectivity index (χ4n) is 2.55. The van der Waals surface area contributed by atoms with Gasteiger partial charge in [0, 0.05) is 36.3 Å². The van der Waals surface area contributed by atoms with Crippen LogP contribution in [-0.2, 0) is 14.8 Å². The molecule has 1 aromatic rings. The Balaban J connectivity index is 0.00000242. The molecule has 0 aliphatic carbocycles. The van der Waals surface area contributed by atoms with Crippen LogP contribution in [0.5, 0.6) is 0 Å². The Labute approximate surface area is 147 Å². The van der Waals surface area contributed by atoms with Crippen LogP contribution in [0.25, 0.3) is 0 Å². The number of ether oxygens (including phenoxy) is 1. The summed E-state index contributed by atoms with van der Waals surface area (Å²) >= 11 is 11.8. The van der Waals surface area contributed by atoms with Gasteiger partial charge in [-0.3, -0.25) is 0 Å². The van der Waals surface area contributed by atoms with Crippen LogP contribution in [0.3, 0.4) is 0 Å². The topological polar surface area (TPSA) is 72.6 Å². The van der Waals surface area contributed by atoms with Gasteiger partial charge in [-0.25, -0.2) is 8.42 Å². The fraction of sp³-hybridized carbons (Fsp3) is 0.538. The van der Waals surface area contributed by atoms with E-state index in [1.54, 1.807) is 7.11 Å². The van der Waals surface area contributed by atoms with E-state index < -0.39 is 10.0 Å². The lowest BCUT2D eigenvalue weighted by Crippen LogP contribution is -2.51. The van der Waals surface area contributed by atoms with Gasteiger partial charge < -0.3 is 10.5 Å². The SMILES string of the molecule is COC1CCN(S(=O)(=O)c2cc(Cl)cc(Cl)c2)C(CN)C1.Cl. The van der Waals surface area contributed by atoms with Crippen molar-refractivity contribution in [2.75, 3.05) is 20.2 Å². The minimum atomic E-state index is -3.67. The van der Waals surface area contributed by atoms with Crippen molar-refractivity contribution in [3.63, 3.8) is 0 Å². The number of benzene rings is 1. The van der Waals surface area contributed by atoms with Crippen molar-refractivity contribution >= 4 is 45.6 Å². The summed E-state index contributed by atoms with van der Waals surface area (Å²) in [5.41, 5.74) is 5.73. The third kappa shape index (κ3) is 4.26. The second-order valence-corrected chi connectivity index (χ2v) is 7.76. The summed E-state index contributed by atoms with van der Waals surface area (Å²) in [6, 6.07) is 4.02. The lowest BCUT2D eigenvalue weighted by atomic mass is 10.0. The summed E-state index contributed by atoms with van der Waals surface area (Å²) in [7, 11) is -2.05. The zero-order valence-electron chi connectivity index (χ0n) is 12.0. The van der Waals surface area contributed by atoms with Crippen LogP contribution < -0.4 is 5.73 Å². The predicted molar refractivity (Wildman–Crippen MR) is 90.5 cm³/mol. The van der Waals surface area contributed by atoms with Crippen molar-refractivity contribution in [1.82, 2.24) is 4.31 Å². The zero-order valence-corrected chi connectivity index (χ0v) is 15.2. The highest BCUT2D eigenvalue weighted by atomic mass is 35.5. The normalized spacial score (nSPS) is 23.1. The van der Waals surface area contributed by atoms with Gasteiger partial charge in [0.15, 0.2) is 0 Å². The monoisotopic (exact) mass is 388 g/mol. The van der Waals surface area contributed by atoms with Gasteiger partial charge in [-0.2, -0.15) is 4.31 Å². The molecule has 9 heteroatoms. The number of sulfonamides is 1. The molecule has 0 aromatic heterocycles. The van der Waals surface area contributed by atoms with Crippen molar-refractivity contribution < 1.29 is 13.2 Å². The summed E-state index contributed by atoms with van der Waals surface area (Å²) in [5, 5.41) is 0.578. The molecule has 1 aromatic carbocycles. The molecule has 1 heterocycles. The maximum atomic E-state index is 12.8. The molecule has 126 valence electrons. The Bertz CT molecular complexity index is 592. The molecule has 1 saturated heterocycles. The Morgan fingerprint density at radius 2 is 1.91 bits per heavy atom. The smallest absolute Gasteiger partial charge is 0.243 e. The number of halogens is 3. The van der Waals surface area contributed by atoms with E-state index in [9.17, 15) is 8.42 Å². The summed E-state index contributed by atoms with van der Waals surface area (Å²) in [6.07, 6.45) is 1.26. The van der Waals surface area contributed by atoms with Crippen LogP contribution in [0.15, 0.2) is 23.1 Å². The molecule has 5 nitrogen and oxygen atoms in total. The van der Waals surface area contributed by atoms with Crippen LogP contribution in [0, 0.1) is 0 Å². The van der Waals surface area contributed by atoms with Gasteiger partial charge in [-0.15, -0.1) is 12.4 Å². The highest BCUT2D eigenvalue weighted by Gasteiger charge is 2.36. The third-order valence-electron chi connectivity index (χ3n) is 3.66. The van der Waals surface area contributed by atoms with E-state index >= 15 is 0 Å². The first kappa shape index (κ1) is 20.0. The summed E-state index contributed by atoms with van der Waals surface area (Å²) in [5.74, 6) is 0.